The molecule has 2 fully saturated rings. The smallest absolute Gasteiger partial charge is 0.0746 e. The topological polar surface area (TPSA) is 35.2 Å². The first kappa shape index (κ1) is 7.56. The molecule has 0 unspecified atom stereocenters. The number of ether oxygens (including phenoxy) is 1. The van der Waals surface area contributed by atoms with Crippen LogP contribution in [-0.2, 0) is 4.74 Å². The second-order valence-electron chi connectivity index (χ2n) is 3.83. The molecule has 0 heterocycles. The summed E-state index contributed by atoms with van der Waals surface area (Å²) < 4.78 is 5.79. The highest BCUT2D eigenvalue weighted by Gasteiger charge is 2.36. The van der Waals surface area contributed by atoms with Crippen LogP contribution in [-0.4, -0.2) is 18.2 Å². The molecule has 11 heavy (non-hydrogen) atoms. The average Bonchev–Trinajstić information content (AvgIpc) is 2.69. The molecule has 0 saturated heterocycles. The van der Waals surface area contributed by atoms with Crippen molar-refractivity contribution in [1.82, 2.24) is 0 Å². The molecule has 0 aromatic rings. The molecule has 0 aromatic heterocycles. The van der Waals surface area contributed by atoms with Gasteiger partial charge in [-0.3, -0.25) is 0 Å². The number of hydrogen-bond donors (Lipinski definition) is 1. The normalized spacial score (nSPS) is 39.0. The first-order chi connectivity index (χ1) is 5.36. The highest BCUT2D eigenvalue weighted by molar-refractivity contribution is 4.92. The fourth-order valence-electron chi connectivity index (χ4n) is 1.79. The van der Waals surface area contributed by atoms with Crippen LogP contribution in [0.5, 0.6) is 0 Å². The van der Waals surface area contributed by atoms with Crippen LogP contribution in [0.2, 0.25) is 0 Å². The van der Waals surface area contributed by atoms with Gasteiger partial charge < -0.3 is 10.5 Å². The van der Waals surface area contributed by atoms with Gasteiger partial charge in [0.2, 0.25) is 0 Å². The van der Waals surface area contributed by atoms with E-state index < -0.39 is 0 Å². The van der Waals surface area contributed by atoms with Crippen LogP contribution < -0.4 is 5.73 Å². The molecule has 0 amide bonds. The summed E-state index contributed by atoms with van der Waals surface area (Å²) in [5.41, 5.74) is 5.66. The Balaban J connectivity index is 1.68. The lowest BCUT2D eigenvalue weighted by Crippen LogP contribution is -2.20. The molecule has 2 aliphatic carbocycles. The fourth-order valence-corrected chi connectivity index (χ4v) is 1.79. The third kappa shape index (κ3) is 1.94. The lowest BCUT2D eigenvalue weighted by Gasteiger charge is -2.21. The Morgan fingerprint density at radius 3 is 2.27 bits per heavy atom. The SMILES string of the molecule is N[C@@H]1C[C@H]1OC1CCCCC1. The summed E-state index contributed by atoms with van der Waals surface area (Å²) >= 11 is 0. The Morgan fingerprint density at radius 2 is 1.73 bits per heavy atom. The van der Waals surface area contributed by atoms with Gasteiger partial charge in [0.05, 0.1) is 12.2 Å². The number of rotatable bonds is 2. The van der Waals surface area contributed by atoms with Crippen LogP contribution in [0.25, 0.3) is 0 Å². The molecule has 0 aromatic carbocycles. The quantitative estimate of drug-likeness (QED) is 0.654. The van der Waals surface area contributed by atoms with Gasteiger partial charge in [0.25, 0.3) is 0 Å². The zero-order chi connectivity index (χ0) is 7.68. The molecular formula is C9H17NO. The summed E-state index contributed by atoms with van der Waals surface area (Å²) in [6, 6.07) is 0.358. The highest BCUT2D eigenvalue weighted by Crippen LogP contribution is 2.29. The van der Waals surface area contributed by atoms with Crippen LogP contribution in [0, 0.1) is 0 Å². The van der Waals surface area contributed by atoms with Crippen LogP contribution >= 0.6 is 0 Å². The van der Waals surface area contributed by atoms with Gasteiger partial charge in [-0.15, -0.1) is 0 Å². The van der Waals surface area contributed by atoms with Crippen molar-refractivity contribution in [2.75, 3.05) is 0 Å². The third-order valence-corrected chi connectivity index (χ3v) is 2.70. The molecular weight excluding hydrogens is 138 g/mol. The summed E-state index contributed by atoms with van der Waals surface area (Å²) in [4.78, 5) is 0. The predicted octanol–water partition coefficient (Wildman–Crippen LogP) is 1.44. The lowest BCUT2D eigenvalue weighted by atomic mass is 9.98. The van der Waals surface area contributed by atoms with Crippen LogP contribution in [0.4, 0.5) is 0 Å². The second kappa shape index (κ2) is 3.11. The largest absolute Gasteiger partial charge is 0.373 e. The van der Waals surface area contributed by atoms with E-state index in [0.717, 1.165) is 6.42 Å². The number of hydrogen-bond acceptors (Lipinski definition) is 2. The zero-order valence-corrected chi connectivity index (χ0v) is 6.96. The maximum absolute atomic E-state index is 5.79. The molecule has 0 spiro atoms. The van der Waals surface area contributed by atoms with Gasteiger partial charge in [-0.25, -0.2) is 0 Å². The Hall–Kier alpha value is -0.0800. The fraction of sp³-hybridized carbons (Fsp3) is 1.00. The van der Waals surface area contributed by atoms with E-state index in [-0.39, 0.29) is 0 Å². The van der Waals surface area contributed by atoms with Gasteiger partial charge in [0.1, 0.15) is 0 Å². The van der Waals surface area contributed by atoms with Gasteiger partial charge in [-0.2, -0.15) is 0 Å². The summed E-state index contributed by atoms with van der Waals surface area (Å²) in [5.74, 6) is 0. The Labute approximate surface area is 68.1 Å². The third-order valence-electron chi connectivity index (χ3n) is 2.70. The number of nitrogens with two attached hydrogens (primary N) is 1. The first-order valence-electron chi connectivity index (χ1n) is 4.77. The van der Waals surface area contributed by atoms with E-state index in [0.29, 0.717) is 18.2 Å². The summed E-state index contributed by atoms with van der Waals surface area (Å²) in [5, 5.41) is 0. The maximum atomic E-state index is 5.79. The van der Waals surface area contributed by atoms with Gasteiger partial charge in [0.15, 0.2) is 0 Å². The van der Waals surface area contributed by atoms with Crippen molar-refractivity contribution in [3.8, 4) is 0 Å². The van der Waals surface area contributed by atoms with Crippen LogP contribution in [0.3, 0.4) is 0 Å². The van der Waals surface area contributed by atoms with Crippen molar-refractivity contribution in [3.63, 3.8) is 0 Å². The van der Waals surface area contributed by atoms with Crippen molar-refractivity contribution in [1.29, 1.82) is 0 Å². The standard InChI is InChI=1S/C9H17NO/c10-8-6-9(8)11-7-4-2-1-3-5-7/h7-9H,1-6,10H2/t8-,9-/m1/s1. The molecule has 0 radical (unpaired) electrons. The molecule has 64 valence electrons. The van der Waals surface area contributed by atoms with E-state index >= 15 is 0 Å². The van der Waals surface area contributed by atoms with Crippen molar-refractivity contribution in [2.24, 2.45) is 5.73 Å². The van der Waals surface area contributed by atoms with Gasteiger partial charge in [-0.05, 0) is 19.3 Å². The maximum Gasteiger partial charge on any atom is 0.0746 e. The zero-order valence-electron chi connectivity index (χ0n) is 6.96. The summed E-state index contributed by atoms with van der Waals surface area (Å²) in [7, 11) is 0. The minimum Gasteiger partial charge on any atom is -0.373 e. The summed E-state index contributed by atoms with van der Waals surface area (Å²) in [6.45, 7) is 0. The minimum atomic E-state index is 0.358. The van der Waals surface area contributed by atoms with Gasteiger partial charge in [-0.1, -0.05) is 19.3 Å². The molecule has 2 nitrogen and oxygen atoms in total. The molecule has 0 aliphatic heterocycles. The van der Waals surface area contributed by atoms with E-state index in [9.17, 15) is 0 Å². The van der Waals surface area contributed by atoms with Crippen LogP contribution in [0.15, 0.2) is 0 Å². The minimum absolute atomic E-state index is 0.358. The van der Waals surface area contributed by atoms with Crippen molar-refractivity contribution >= 4 is 0 Å². The highest BCUT2D eigenvalue weighted by atomic mass is 16.5. The van der Waals surface area contributed by atoms with E-state index in [1.165, 1.54) is 32.1 Å². The Bertz CT molecular complexity index is 132. The molecule has 2 N–H and O–H groups in total. The first-order valence-corrected chi connectivity index (χ1v) is 4.77. The molecule has 2 atom stereocenters. The van der Waals surface area contributed by atoms with Gasteiger partial charge in [0, 0.05) is 6.04 Å². The van der Waals surface area contributed by atoms with Crippen molar-refractivity contribution < 1.29 is 4.74 Å². The van der Waals surface area contributed by atoms with E-state index in [1.807, 2.05) is 0 Å². The molecule has 2 rings (SSSR count). The molecule has 2 heteroatoms. The van der Waals surface area contributed by atoms with Crippen molar-refractivity contribution in [2.45, 2.75) is 56.8 Å². The van der Waals surface area contributed by atoms with Crippen molar-refractivity contribution in [3.05, 3.63) is 0 Å². The van der Waals surface area contributed by atoms with E-state index in [4.69, 9.17) is 10.5 Å². The van der Waals surface area contributed by atoms with E-state index in [2.05, 4.69) is 0 Å². The molecule has 2 saturated carbocycles. The second-order valence-corrected chi connectivity index (χ2v) is 3.83. The Morgan fingerprint density at radius 1 is 1.09 bits per heavy atom. The van der Waals surface area contributed by atoms with Crippen LogP contribution in [0.1, 0.15) is 38.5 Å². The average molecular weight is 155 g/mol. The van der Waals surface area contributed by atoms with Gasteiger partial charge >= 0.3 is 0 Å². The predicted molar refractivity (Wildman–Crippen MR) is 44.3 cm³/mol. The monoisotopic (exact) mass is 155 g/mol. The summed E-state index contributed by atoms with van der Waals surface area (Å²) in [6.07, 6.45) is 8.69. The molecule has 2 aliphatic rings. The Kier molecular flexibility index (Phi) is 2.14. The van der Waals surface area contributed by atoms with E-state index in [1.54, 1.807) is 0 Å². The molecule has 0 bridgehead atoms. The lowest BCUT2D eigenvalue weighted by molar-refractivity contribution is 0.0142.